The van der Waals surface area contributed by atoms with Crippen LogP contribution in [0.3, 0.4) is 0 Å². The number of fused-ring (bicyclic) bond motifs is 5. The molecule has 0 heterocycles. The summed E-state index contributed by atoms with van der Waals surface area (Å²) in [6, 6.07) is 0. The number of unbranched alkanes of at least 4 members (excludes halogenated alkanes) is 1. The van der Waals surface area contributed by atoms with Gasteiger partial charge in [0.1, 0.15) is 0 Å². The second-order valence-corrected chi connectivity index (χ2v) is 11.7. The quantitative estimate of drug-likeness (QED) is 0.195. The van der Waals surface area contributed by atoms with Gasteiger partial charge in [-0.25, -0.2) is 0 Å². The fourth-order valence-electron chi connectivity index (χ4n) is 8.57. The summed E-state index contributed by atoms with van der Waals surface area (Å²) in [4.78, 5) is 0. The molecule has 0 spiro atoms. The molecule has 4 rings (SSSR count). The zero-order chi connectivity index (χ0) is 18.4. The van der Waals surface area contributed by atoms with E-state index in [2.05, 4.69) is 34.1 Å². The molecule has 27 heavy (non-hydrogen) atoms. The molecule has 4 aliphatic rings. The Hall–Kier alpha value is 1.26. The second kappa shape index (κ2) is 9.18. The van der Waals surface area contributed by atoms with Gasteiger partial charge in [0.25, 0.3) is 0 Å². The summed E-state index contributed by atoms with van der Waals surface area (Å²) < 4.78 is 0. The summed E-state index contributed by atoms with van der Waals surface area (Å²) >= 11 is 0. The van der Waals surface area contributed by atoms with Gasteiger partial charge in [-0.15, -0.1) is 0 Å². The van der Waals surface area contributed by atoms with Crippen LogP contribution in [0.25, 0.3) is 0 Å². The van der Waals surface area contributed by atoms with E-state index in [1.54, 1.807) is 38.5 Å². The van der Waals surface area contributed by atoms with Crippen molar-refractivity contribution < 1.29 is 37.7 Å². The van der Waals surface area contributed by atoms with Gasteiger partial charge in [-0.3, -0.25) is 0 Å². The van der Waals surface area contributed by atoms with Gasteiger partial charge >= 0.3 is 0 Å². The smallest absolute Gasteiger partial charge is 0 e. The van der Waals surface area contributed by atoms with Crippen molar-refractivity contribution in [1.82, 2.24) is 0 Å². The number of hydrogen-bond donors (Lipinski definition) is 0. The van der Waals surface area contributed by atoms with E-state index in [1.165, 1.54) is 44.9 Å². The van der Waals surface area contributed by atoms with Crippen molar-refractivity contribution in [2.45, 2.75) is 111 Å². The molecular formula is C26H45Ho-. The Kier molecular flexibility index (Phi) is 7.79. The Morgan fingerprint density at radius 3 is 2.44 bits per heavy atom. The predicted molar refractivity (Wildman–Crippen MR) is 113 cm³/mol. The first kappa shape index (κ1) is 22.9. The third-order valence-electron chi connectivity index (χ3n) is 10.2. The van der Waals surface area contributed by atoms with Gasteiger partial charge in [0, 0.05) is 37.7 Å². The first-order valence-corrected chi connectivity index (χ1v) is 12.3. The molecule has 0 bridgehead atoms. The van der Waals surface area contributed by atoms with E-state index >= 15 is 0 Å². The normalized spacial score (nSPS) is 46.3. The van der Waals surface area contributed by atoms with E-state index in [9.17, 15) is 0 Å². The molecule has 7 unspecified atom stereocenters. The van der Waals surface area contributed by atoms with Gasteiger partial charge in [-0.1, -0.05) is 65.7 Å². The van der Waals surface area contributed by atoms with Crippen LogP contribution in [-0.2, 0) is 0 Å². The molecule has 4 aliphatic carbocycles. The summed E-state index contributed by atoms with van der Waals surface area (Å²) in [5, 5.41) is 0. The van der Waals surface area contributed by atoms with Crippen LogP contribution in [0.5, 0.6) is 0 Å². The molecule has 7 atom stereocenters. The van der Waals surface area contributed by atoms with Gasteiger partial charge in [-0.05, 0) is 78.9 Å². The van der Waals surface area contributed by atoms with E-state index in [4.69, 9.17) is 0 Å². The van der Waals surface area contributed by atoms with Gasteiger partial charge in [0.05, 0.1) is 0 Å². The minimum Gasteiger partial charge on any atom is -0.328 e. The van der Waals surface area contributed by atoms with Gasteiger partial charge in [0.2, 0.25) is 0 Å². The molecule has 0 nitrogen and oxygen atoms in total. The van der Waals surface area contributed by atoms with E-state index in [1.807, 2.05) is 0 Å². The molecule has 0 aromatic heterocycles. The van der Waals surface area contributed by atoms with Crippen molar-refractivity contribution in [3.8, 4) is 0 Å². The molecular weight excluding hydrogens is 477 g/mol. The fourth-order valence-corrected chi connectivity index (χ4v) is 8.57. The summed E-state index contributed by atoms with van der Waals surface area (Å²) in [5.74, 6) is 6.17. The molecule has 161 valence electrons. The van der Waals surface area contributed by atoms with Crippen molar-refractivity contribution in [1.29, 1.82) is 0 Å². The third-order valence-corrected chi connectivity index (χ3v) is 10.2. The van der Waals surface area contributed by atoms with E-state index < -0.39 is 0 Å². The summed E-state index contributed by atoms with van der Waals surface area (Å²) in [5.41, 5.74) is 1.39. The maximum absolute atomic E-state index is 2.73. The first-order valence-electron chi connectivity index (χ1n) is 12.3. The molecule has 0 saturated heterocycles. The Balaban J connectivity index is 0.00000210. The van der Waals surface area contributed by atoms with E-state index in [-0.39, 0.29) is 37.7 Å². The Morgan fingerprint density at radius 2 is 1.67 bits per heavy atom. The van der Waals surface area contributed by atoms with Crippen LogP contribution in [0.2, 0.25) is 0 Å². The SMILES string of the molecule is CC(C)CCCCC1CCC2C3CCC4C[CH-]CCC4(C)C3CCC12C.[Ho]. The Bertz CT molecular complexity index is 485. The molecule has 0 aliphatic heterocycles. The molecule has 4 saturated carbocycles. The van der Waals surface area contributed by atoms with Crippen LogP contribution < -0.4 is 0 Å². The minimum absolute atomic E-state index is 0. The average Bonchev–Trinajstić information content (AvgIpc) is 2.94. The van der Waals surface area contributed by atoms with Crippen LogP contribution in [0.15, 0.2) is 0 Å². The monoisotopic (exact) mass is 522 g/mol. The molecule has 0 N–H and O–H groups in total. The summed E-state index contributed by atoms with van der Waals surface area (Å²) in [6.07, 6.45) is 22.2. The molecule has 0 aromatic carbocycles. The fraction of sp³-hybridized carbons (Fsp3) is 0.962. The number of hydrogen-bond acceptors (Lipinski definition) is 0. The molecule has 0 aromatic rings. The predicted octanol–water partition coefficient (Wildman–Crippen LogP) is 8.07. The molecule has 1 heteroatoms. The zero-order valence-electron chi connectivity index (χ0n) is 18.5. The maximum Gasteiger partial charge on any atom is 0 e. The molecule has 4 fully saturated rings. The van der Waals surface area contributed by atoms with Crippen LogP contribution in [-0.4, -0.2) is 0 Å². The van der Waals surface area contributed by atoms with Crippen LogP contribution >= 0.6 is 0 Å². The van der Waals surface area contributed by atoms with Crippen molar-refractivity contribution in [3.05, 3.63) is 6.42 Å². The van der Waals surface area contributed by atoms with E-state index in [0.29, 0.717) is 10.8 Å². The maximum atomic E-state index is 2.73. The zero-order valence-corrected chi connectivity index (χ0v) is 20.5. The van der Waals surface area contributed by atoms with Gasteiger partial charge < -0.3 is 6.42 Å². The first-order chi connectivity index (χ1) is 12.4. The van der Waals surface area contributed by atoms with Crippen molar-refractivity contribution in [3.63, 3.8) is 0 Å². The van der Waals surface area contributed by atoms with Gasteiger partial charge in [-0.2, -0.15) is 12.8 Å². The topological polar surface area (TPSA) is 0 Å². The van der Waals surface area contributed by atoms with Crippen LogP contribution in [0.4, 0.5) is 0 Å². The second-order valence-electron chi connectivity index (χ2n) is 11.7. The van der Waals surface area contributed by atoms with Crippen LogP contribution in [0, 0.1) is 90.5 Å². The summed E-state index contributed by atoms with van der Waals surface area (Å²) in [6.45, 7) is 10.2. The van der Waals surface area contributed by atoms with Crippen LogP contribution in [0.1, 0.15) is 111 Å². The van der Waals surface area contributed by atoms with E-state index in [0.717, 1.165) is 35.5 Å². The largest absolute Gasteiger partial charge is 0.328 e. The Labute approximate surface area is 200 Å². The molecule has 1 radical (unpaired) electrons. The summed E-state index contributed by atoms with van der Waals surface area (Å²) in [7, 11) is 0. The molecule has 0 amide bonds. The number of rotatable bonds is 5. The van der Waals surface area contributed by atoms with Crippen molar-refractivity contribution in [2.75, 3.05) is 0 Å². The standard InChI is InChI=1S/C26H45.Ho/c1-19(2)9-5-6-10-21-13-15-23-22-14-12-20-11-7-8-17-25(20,3)24(22)16-18-26(21,23)4;/h7,19-24H,5-6,8-18H2,1-4H3;/q-1;. The average molecular weight is 523 g/mol. The van der Waals surface area contributed by atoms with Gasteiger partial charge in [0.15, 0.2) is 0 Å². The third kappa shape index (κ3) is 4.21. The Morgan fingerprint density at radius 1 is 0.889 bits per heavy atom. The van der Waals surface area contributed by atoms with Crippen molar-refractivity contribution >= 4 is 0 Å². The van der Waals surface area contributed by atoms with Crippen molar-refractivity contribution in [2.24, 2.45) is 46.3 Å². The minimum atomic E-state index is 0.